The van der Waals surface area contributed by atoms with Crippen molar-refractivity contribution in [2.75, 3.05) is 27.7 Å². The summed E-state index contributed by atoms with van der Waals surface area (Å²) in [6.07, 6.45) is 0. The van der Waals surface area contributed by atoms with E-state index in [-0.39, 0.29) is 11.9 Å². The van der Waals surface area contributed by atoms with Gasteiger partial charge in [0.25, 0.3) is 5.91 Å². The summed E-state index contributed by atoms with van der Waals surface area (Å²) in [7, 11) is 5.26. The Hall–Kier alpha value is -2.66. The number of benzene rings is 2. The van der Waals surface area contributed by atoms with Crippen LogP contribution in [0.5, 0.6) is 0 Å². The Morgan fingerprint density at radius 2 is 1.58 bits per heavy atom. The first-order chi connectivity index (χ1) is 11.5. The molecule has 2 aromatic rings. The molecule has 0 spiro atoms. The predicted octanol–water partition coefficient (Wildman–Crippen LogP) is 2.51. The maximum absolute atomic E-state index is 12.5. The van der Waals surface area contributed by atoms with Crippen molar-refractivity contribution in [1.82, 2.24) is 10.2 Å². The van der Waals surface area contributed by atoms with Gasteiger partial charge in [-0.05, 0) is 43.9 Å². The van der Waals surface area contributed by atoms with Gasteiger partial charge in [0, 0.05) is 12.1 Å². The van der Waals surface area contributed by atoms with E-state index in [9.17, 15) is 9.59 Å². The molecular formula is C19H22N2O3. The van der Waals surface area contributed by atoms with Gasteiger partial charge >= 0.3 is 5.97 Å². The van der Waals surface area contributed by atoms with Gasteiger partial charge in [-0.15, -0.1) is 0 Å². The maximum atomic E-state index is 12.5. The number of esters is 1. The molecule has 0 saturated carbocycles. The molecule has 5 heteroatoms. The highest BCUT2D eigenvalue weighted by molar-refractivity contribution is 5.96. The molecule has 24 heavy (non-hydrogen) atoms. The number of likely N-dealkylation sites (N-methyl/N-ethyl adjacent to an activating group) is 1. The normalized spacial score (nSPS) is 11.8. The van der Waals surface area contributed by atoms with Gasteiger partial charge in [-0.2, -0.15) is 0 Å². The summed E-state index contributed by atoms with van der Waals surface area (Å²) in [4.78, 5) is 26.0. The van der Waals surface area contributed by atoms with Crippen molar-refractivity contribution in [2.24, 2.45) is 0 Å². The molecule has 0 aromatic heterocycles. The molecule has 1 amide bonds. The summed E-state index contributed by atoms with van der Waals surface area (Å²) >= 11 is 0. The molecule has 0 radical (unpaired) electrons. The zero-order valence-corrected chi connectivity index (χ0v) is 14.2. The molecule has 0 fully saturated rings. The van der Waals surface area contributed by atoms with E-state index in [2.05, 4.69) is 10.1 Å². The van der Waals surface area contributed by atoms with Crippen molar-refractivity contribution in [3.05, 3.63) is 71.3 Å². The number of amides is 1. The van der Waals surface area contributed by atoms with Crippen LogP contribution in [0.2, 0.25) is 0 Å². The number of carbonyl (C=O) groups excluding carboxylic acids is 2. The van der Waals surface area contributed by atoms with Crippen molar-refractivity contribution in [2.45, 2.75) is 6.04 Å². The third kappa shape index (κ3) is 4.67. The summed E-state index contributed by atoms with van der Waals surface area (Å²) in [5, 5.41) is 3.05. The SMILES string of the molecule is COC(=O)c1ccc(C(=O)N[C@H](CN(C)C)c2ccccc2)cc1. The van der Waals surface area contributed by atoms with Crippen molar-refractivity contribution in [3.8, 4) is 0 Å². The summed E-state index contributed by atoms with van der Waals surface area (Å²) < 4.78 is 4.66. The molecule has 0 aliphatic rings. The highest BCUT2D eigenvalue weighted by atomic mass is 16.5. The summed E-state index contributed by atoms with van der Waals surface area (Å²) in [6.45, 7) is 0.690. The Bertz CT molecular complexity index is 682. The highest BCUT2D eigenvalue weighted by Crippen LogP contribution is 2.15. The number of methoxy groups -OCH3 is 1. The zero-order chi connectivity index (χ0) is 17.5. The van der Waals surface area contributed by atoms with Gasteiger partial charge in [0.1, 0.15) is 0 Å². The first-order valence-electron chi connectivity index (χ1n) is 7.70. The van der Waals surface area contributed by atoms with E-state index < -0.39 is 5.97 Å². The van der Waals surface area contributed by atoms with Gasteiger partial charge in [-0.25, -0.2) is 4.79 Å². The number of rotatable bonds is 6. The minimum atomic E-state index is -0.420. The van der Waals surface area contributed by atoms with Crippen LogP contribution in [-0.4, -0.2) is 44.5 Å². The van der Waals surface area contributed by atoms with Crippen LogP contribution >= 0.6 is 0 Å². The van der Waals surface area contributed by atoms with Crippen LogP contribution in [0.4, 0.5) is 0 Å². The highest BCUT2D eigenvalue weighted by Gasteiger charge is 2.17. The van der Waals surface area contributed by atoms with Gasteiger partial charge < -0.3 is 15.0 Å². The van der Waals surface area contributed by atoms with Crippen LogP contribution in [0, 0.1) is 0 Å². The fourth-order valence-electron chi connectivity index (χ4n) is 2.40. The monoisotopic (exact) mass is 326 g/mol. The van der Waals surface area contributed by atoms with Crippen molar-refractivity contribution < 1.29 is 14.3 Å². The summed E-state index contributed by atoms with van der Waals surface area (Å²) in [5.41, 5.74) is 1.97. The molecule has 0 aliphatic heterocycles. The molecule has 1 N–H and O–H groups in total. The molecule has 5 nitrogen and oxygen atoms in total. The fourth-order valence-corrected chi connectivity index (χ4v) is 2.40. The van der Waals surface area contributed by atoms with Gasteiger partial charge in [0.2, 0.25) is 0 Å². The maximum Gasteiger partial charge on any atom is 0.337 e. The molecule has 0 aliphatic carbocycles. The van der Waals surface area contributed by atoms with E-state index in [0.29, 0.717) is 17.7 Å². The number of ether oxygens (including phenoxy) is 1. The quantitative estimate of drug-likeness (QED) is 0.829. The smallest absolute Gasteiger partial charge is 0.337 e. The van der Waals surface area contributed by atoms with Gasteiger partial charge in [-0.1, -0.05) is 30.3 Å². The predicted molar refractivity (Wildman–Crippen MR) is 93.0 cm³/mol. The Kier molecular flexibility index (Phi) is 6.09. The van der Waals surface area contributed by atoms with Crippen LogP contribution in [0.1, 0.15) is 32.3 Å². The molecule has 0 bridgehead atoms. The number of nitrogens with zero attached hydrogens (tertiary/aromatic N) is 1. The van der Waals surface area contributed by atoms with E-state index in [4.69, 9.17) is 0 Å². The van der Waals surface area contributed by atoms with Crippen LogP contribution < -0.4 is 5.32 Å². The number of carbonyl (C=O) groups is 2. The first kappa shape index (κ1) is 17.7. The van der Waals surface area contributed by atoms with Gasteiger partial charge in [0.15, 0.2) is 0 Å². The zero-order valence-electron chi connectivity index (χ0n) is 14.2. The minimum Gasteiger partial charge on any atom is -0.465 e. The van der Waals surface area contributed by atoms with Gasteiger partial charge in [-0.3, -0.25) is 4.79 Å². The molecule has 126 valence electrons. The lowest BCUT2D eigenvalue weighted by Crippen LogP contribution is -2.35. The fraction of sp³-hybridized carbons (Fsp3) is 0.263. The van der Waals surface area contributed by atoms with E-state index >= 15 is 0 Å². The molecule has 0 saturated heterocycles. The standard InChI is InChI=1S/C19H22N2O3/c1-21(2)13-17(14-7-5-4-6-8-14)20-18(22)15-9-11-16(12-10-15)19(23)24-3/h4-12,17H,13H2,1-3H3,(H,20,22)/t17-/m1/s1. The number of hydrogen-bond acceptors (Lipinski definition) is 4. The number of hydrogen-bond donors (Lipinski definition) is 1. The third-order valence-electron chi connectivity index (χ3n) is 3.62. The first-order valence-corrected chi connectivity index (χ1v) is 7.70. The second kappa shape index (κ2) is 8.26. The van der Waals surface area contributed by atoms with E-state index in [0.717, 1.165) is 5.56 Å². The van der Waals surface area contributed by atoms with Crippen molar-refractivity contribution >= 4 is 11.9 Å². The second-order valence-corrected chi connectivity index (χ2v) is 5.77. The molecule has 0 heterocycles. The van der Waals surface area contributed by atoms with E-state index in [1.54, 1.807) is 24.3 Å². The van der Waals surface area contributed by atoms with Crippen LogP contribution in [-0.2, 0) is 4.74 Å². The second-order valence-electron chi connectivity index (χ2n) is 5.77. The average Bonchev–Trinajstić information content (AvgIpc) is 2.61. The Labute approximate surface area is 142 Å². The van der Waals surface area contributed by atoms with Gasteiger partial charge in [0.05, 0.1) is 18.7 Å². The largest absolute Gasteiger partial charge is 0.465 e. The summed E-state index contributed by atoms with van der Waals surface area (Å²) in [5.74, 6) is -0.598. The Morgan fingerprint density at radius 1 is 1.00 bits per heavy atom. The molecular weight excluding hydrogens is 304 g/mol. The minimum absolute atomic E-state index is 0.117. The molecule has 0 unspecified atom stereocenters. The Morgan fingerprint density at radius 3 is 2.12 bits per heavy atom. The van der Waals surface area contributed by atoms with Crippen molar-refractivity contribution in [1.29, 1.82) is 0 Å². The van der Waals surface area contributed by atoms with Crippen molar-refractivity contribution in [3.63, 3.8) is 0 Å². The Balaban J connectivity index is 2.14. The lowest BCUT2D eigenvalue weighted by atomic mass is 10.1. The number of nitrogens with one attached hydrogen (secondary N) is 1. The van der Waals surface area contributed by atoms with Crippen LogP contribution in [0.3, 0.4) is 0 Å². The molecule has 1 atom stereocenters. The topological polar surface area (TPSA) is 58.6 Å². The van der Waals surface area contributed by atoms with E-state index in [1.165, 1.54) is 7.11 Å². The lowest BCUT2D eigenvalue weighted by molar-refractivity contribution is 0.0600. The van der Waals surface area contributed by atoms with Crippen LogP contribution in [0.15, 0.2) is 54.6 Å². The molecule has 2 rings (SSSR count). The average molecular weight is 326 g/mol. The third-order valence-corrected chi connectivity index (χ3v) is 3.62. The van der Waals surface area contributed by atoms with Crippen LogP contribution in [0.25, 0.3) is 0 Å². The van der Waals surface area contributed by atoms with E-state index in [1.807, 2.05) is 49.3 Å². The lowest BCUT2D eigenvalue weighted by Gasteiger charge is -2.23. The molecule has 2 aromatic carbocycles. The summed E-state index contributed by atoms with van der Waals surface area (Å²) in [6, 6.07) is 16.2.